The Hall–Kier alpha value is -1.56. The molecule has 1 aromatic heterocycles. The van der Waals surface area contributed by atoms with Crippen LogP contribution in [0.5, 0.6) is 11.6 Å². The van der Waals surface area contributed by atoms with Crippen molar-refractivity contribution in [1.82, 2.24) is 14.9 Å². The lowest BCUT2D eigenvalue weighted by Crippen LogP contribution is -2.26. The van der Waals surface area contributed by atoms with Gasteiger partial charge in [0.05, 0.1) is 7.11 Å². The minimum Gasteiger partial charge on any atom is -0.489 e. The zero-order chi connectivity index (χ0) is 13.7. The van der Waals surface area contributed by atoms with Crippen LogP contribution in [0.2, 0.25) is 0 Å². The molecule has 0 amide bonds. The highest BCUT2D eigenvalue weighted by atomic mass is 16.5. The van der Waals surface area contributed by atoms with E-state index in [1.54, 1.807) is 7.11 Å². The van der Waals surface area contributed by atoms with Crippen LogP contribution in [0.1, 0.15) is 19.8 Å². The highest BCUT2D eigenvalue weighted by Gasteiger charge is 2.25. The first kappa shape index (κ1) is 13.9. The second-order valence-electron chi connectivity index (χ2n) is 4.65. The normalized spacial score (nSPS) is 14.5. The SMILES string of the molecule is CCNc1ncnc(OCCN(C)C2CC2)c1OC. The van der Waals surface area contributed by atoms with E-state index in [0.717, 1.165) is 19.1 Å². The van der Waals surface area contributed by atoms with Crippen molar-refractivity contribution in [2.75, 3.05) is 39.2 Å². The molecule has 1 aliphatic rings. The Morgan fingerprint density at radius 3 is 2.84 bits per heavy atom. The van der Waals surface area contributed by atoms with Crippen LogP contribution in [0.4, 0.5) is 5.82 Å². The third kappa shape index (κ3) is 3.70. The molecule has 6 heteroatoms. The van der Waals surface area contributed by atoms with Gasteiger partial charge in [-0.05, 0) is 26.8 Å². The van der Waals surface area contributed by atoms with Crippen LogP contribution >= 0.6 is 0 Å². The molecule has 19 heavy (non-hydrogen) atoms. The molecule has 1 aromatic rings. The molecule has 0 bridgehead atoms. The predicted molar refractivity (Wildman–Crippen MR) is 73.9 cm³/mol. The van der Waals surface area contributed by atoms with Crippen LogP contribution in [-0.2, 0) is 0 Å². The van der Waals surface area contributed by atoms with E-state index in [2.05, 4.69) is 27.2 Å². The van der Waals surface area contributed by atoms with Crippen LogP contribution in [-0.4, -0.2) is 54.8 Å². The first-order chi connectivity index (χ1) is 9.26. The van der Waals surface area contributed by atoms with E-state index in [0.29, 0.717) is 24.1 Å². The fraction of sp³-hybridized carbons (Fsp3) is 0.692. The van der Waals surface area contributed by atoms with E-state index < -0.39 is 0 Å². The lowest BCUT2D eigenvalue weighted by Gasteiger charge is -2.17. The number of rotatable bonds is 8. The summed E-state index contributed by atoms with van der Waals surface area (Å²) in [6.45, 7) is 4.28. The number of anilines is 1. The molecule has 1 heterocycles. The summed E-state index contributed by atoms with van der Waals surface area (Å²) in [6, 6.07) is 0.744. The third-order valence-electron chi connectivity index (χ3n) is 3.17. The molecule has 106 valence electrons. The first-order valence-electron chi connectivity index (χ1n) is 6.72. The highest BCUT2D eigenvalue weighted by molar-refractivity contribution is 5.54. The van der Waals surface area contributed by atoms with E-state index in [9.17, 15) is 0 Å². The number of aromatic nitrogens is 2. The summed E-state index contributed by atoms with van der Waals surface area (Å²) in [4.78, 5) is 10.6. The van der Waals surface area contributed by atoms with E-state index in [-0.39, 0.29) is 0 Å². The Kier molecular flexibility index (Phi) is 4.79. The van der Waals surface area contributed by atoms with Gasteiger partial charge in [-0.3, -0.25) is 0 Å². The van der Waals surface area contributed by atoms with Gasteiger partial charge in [-0.1, -0.05) is 0 Å². The molecule has 1 aliphatic carbocycles. The van der Waals surface area contributed by atoms with Crippen LogP contribution in [0.15, 0.2) is 6.33 Å². The van der Waals surface area contributed by atoms with E-state index >= 15 is 0 Å². The Labute approximate surface area is 114 Å². The lowest BCUT2D eigenvalue weighted by atomic mass is 10.4. The van der Waals surface area contributed by atoms with Gasteiger partial charge in [0, 0.05) is 19.1 Å². The second kappa shape index (κ2) is 6.56. The molecule has 0 spiro atoms. The van der Waals surface area contributed by atoms with E-state index in [1.807, 2.05) is 6.92 Å². The molecule has 0 aromatic carbocycles. The highest BCUT2D eigenvalue weighted by Crippen LogP contribution is 2.31. The smallest absolute Gasteiger partial charge is 0.262 e. The number of nitrogens with zero attached hydrogens (tertiary/aromatic N) is 3. The Morgan fingerprint density at radius 1 is 1.42 bits per heavy atom. The predicted octanol–water partition coefficient (Wildman–Crippen LogP) is 1.39. The van der Waals surface area contributed by atoms with E-state index in [1.165, 1.54) is 19.2 Å². The van der Waals surface area contributed by atoms with Crippen molar-refractivity contribution >= 4 is 5.82 Å². The van der Waals surface area contributed by atoms with Gasteiger partial charge in [-0.2, -0.15) is 4.98 Å². The van der Waals surface area contributed by atoms with Crippen molar-refractivity contribution in [3.05, 3.63) is 6.33 Å². The fourth-order valence-corrected chi connectivity index (χ4v) is 1.92. The molecule has 1 N–H and O–H groups in total. The summed E-state index contributed by atoms with van der Waals surface area (Å²) in [7, 11) is 3.73. The first-order valence-corrected chi connectivity index (χ1v) is 6.72. The van der Waals surface area contributed by atoms with Gasteiger partial charge < -0.3 is 19.7 Å². The van der Waals surface area contributed by atoms with Crippen molar-refractivity contribution in [3.8, 4) is 11.6 Å². The summed E-state index contributed by atoms with van der Waals surface area (Å²) in [5, 5.41) is 3.13. The average Bonchev–Trinajstić information content (AvgIpc) is 3.23. The van der Waals surface area contributed by atoms with Gasteiger partial charge in [0.15, 0.2) is 5.82 Å². The minimum atomic E-state index is 0.498. The molecule has 1 saturated carbocycles. The molecular formula is C13H22N4O2. The van der Waals surface area contributed by atoms with Gasteiger partial charge >= 0.3 is 0 Å². The lowest BCUT2D eigenvalue weighted by molar-refractivity contribution is 0.219. The summed E-state index contributed by atoms with van der Waals surface area (Å²) >= 11 is 0. The summed E-state index contributed by atoms with van der Waals surface area (Å²) in [6.07, 6.45) is 4.09. The number of nitrogens with one attached hydrogen (secondary N) is 1. The van der Waals surface area contributed by atoms with Crippen molar-refractivity contribution in [2.24, 2.45) is 0 Å². The summed E-state index contributed by atoms with van der Waals surface area (Å²) in [5.41, 5.74) is 0. The zero-order valence-electron chi connectivity index (χ0n) is 11.8. The van der Waals surface area contributed by atoms with Crippen molar-refractivity contribution < 1.29 is 9.47 Å². The number of likely N-dealkylation sites (N-methyl/N-ethyl adjacent to an activating group) is 1. The number of hydrogen-bond acceptors (Lipinski definition) is 6. The second-order valence-corrected chi connectivity index (χ2v) is 4.65. The van der Waals surface area contributed by atoms with Gasteiger partial charge in [-0.25, -0.2) is 4.98 Å². The van der Waals surface area contributed by atoms with Gasteiger partial charge in [-0.15, -0.1) is 0 Å². The molecule has 0 atom stereocenters. The maximum atomic E-state index is 5.71. The standard InChI is InChI=1S/C13H22N4O2/c1-4-14-12-11(18-3)13(16-9-15-12)19-8-7-17(2)10-5-6-10/h9-10H,4-8H2,1-3H3,(H,14,15,16). The van der Waals surface area contributed by atoms with Crippen LogP contribution in [0.3, 0.4) is 0 Å². The fourth-order valence-electron chi connectivity index (χ4n) is 1.92. The quantitative estimate of drug-likeness (QED) is 0.767. The van der Waals surface area contributed by atoms with Crippen LogP contribution in [0.25, 0.3) is 0 Å². The molecule has 6 nitrogen and oxygen atoms in total. The van der Waals surface area contributed by atoms with Crippen LogP contribution in [0, 0.1) is 0 Å². The monoisotopic (exact) mass is 266 g/mol. The van der Waals surface area contributed by atoms with E-state index in [4.69, 9.17) is 9.47 Å². The topological polar surface area (TPSA) is 59.5 Å². The third-order valence-corrected chi connectivity index (χ3v) is 3.17. The van der Waals surface area contributed by atoms with Gasteiger partial charge in [0.1, 0.15) is 12.9 Å². The van der Waals surface area contributed by atoms with Crippen molar-refractivity contribution in [3.63, 3.8) is 0 Å². The Bertz CT molecular complexity index is 410. The summed E-state index contributed by atoms with van der Waals surface area (Å²) < 4.78 is 11.0. The molecule has 1 fully saturated rings. The Balaban J connectivity index is 1.92. The zero-order valence-corrected chi connectivity index (χ0v) is 11.8. The number of methoxy groups -OCH3 is 1. The maximum absolute atomic E-state index is 5.71. The van der Waals surface area contributed by atoms with Gasteiger partial charge in [0.25, 0.3) is 5.88 Å². The Morgan fingerprint density at radius 2 is 2.21 bits per heavy atom. The van der Waals surface area contributed by atoms with Crippen molar-refractivity contribution in [2.45, 2.75) is 25.8 Å². The largest absolute Gasteiger partial charge is 0.489 e. The molecule has 0 saturated heterocycles. The molecular weight excluding hydrogens is 244 g/mol. The van der Waals surface area contributed by atoms with Crippen molar-refractivity contribution in [1.29, 1.82) is 0 Å². The molecule has 0 unspecified atom stereocenters. The summed E-state index contributed by atoms with van der Waals surface area (Å²) in [5.74, 6) is 1.74. The number of ether oxygens (including phenoxy) is 2. The van der Waals surface area contributed by atoms with Crippen LogP contribution < -0.4 is 14.8 Å². The molecule has 2 rings (SSSR count). The molecule has 0 aliphatic heterocycles. The number of hydrogen-bond donors (Lipinski definition) is 1. The minimum absolute atomic E-state index is 0.498. The average molecular weight is 266 g/mol. The molecule has 0 radical (unpaired) electrons. The maximum Gasteiger partial charge on any atom is 0.262 e. The van der Waals surface area contributed by atoms with Gasteiger partial charge in [0.2, 0.25) is 5.75 Å².